The van der Waals surface area contributed by atoms with Crippen LogP contribution < -0.4 is 10.1 Å². The number of rotatable bonds is 8. The molecule has 0 aromatic heterocycles. The number of amides is 2. The van der Waals surface area contributed by atoms with E-state index in [0.717, 1.165) is 37.0 Å². The zero-order chi connectivity index (χ0) is 21.3. The van der Waals surface area contributed by atoms with E-state index >= 15 is 0 Å². The van der Waals surface area contributed by atoms with E-state index in [1.165, 1.54) is 0 Å². The number of benzene rings is 2. The molecule has 2 amide bonds. The van der Waals surface area contributed by atoms with Gasteiger partial charge in [0, 0.05) is 23.7 Å². The second-order valence-electron chi connectivity index (χ2n) is 7.63. The highest BCUT2D eigenvalue weighted by Crippen LogP contribution is 2.18. The van der Waals surface area contributed by atoms with Gasteiger partial charge >= 0.3 is 0 Å². The number of unbranched alkanes of at least 4 members (excludes halogenated alkanes) is 1. The summed E-state index contributed by atoms with van der Waals surface area (Å²) in [5.74, 6) is 0.483. The predicted molar refractivity (Wildman–Crippen MR) is 119 cm³/mol. The lowest BCUT2D eigenvalue weighted by Crippen LogP contribution is -2.47. The second kappa shape index (κ2) is 11.0. The highest BCUT2D eigenvalue weighted by atomic mass is 35.5. The second-order valence-corrected chi connectivity index (χ2v) is 8.07. The Hall–Kier alpha value is -2.53. The molecule has 0 bridgehead atoms. The molecule has 6 heteroatoms. The third-order valence-corrected chi connectivity index (χ3v) is 5.51. The van der Waals surface area contributed by atoms with Crippen molar-refractivity contribution in [3.05, 3.63) is 64.7 Å². The number of halogens is 1. The topological polar surface area (TPSA) is 58.6 Å². The quantitative estimate of drug-likeness (QED) is 0.612. The van der Waals surface area contributed by atoms with Gasteiger partial charge in [0.05, 0.1) is 6.61 Å². The van der Waals surface area contributed by atoms with Crippen molar-refractivity contribution in [1.29, 1.82) is 0 Å². The van der Waals surface area contributed by atoms with E-state index in [-0.39, 0.29) is 11.8 Å². The van der Waals surface area contributed by atoms with Crippen LogP contribution in [0.1, 0.15) is 54.9 Å². The van der Waals surface area contributed by atoms with Crippen LogP contribution in [0.5, 0.6) is 5.75 Å². The minimum Gasteiger partial charge on any atom is -0.494 e. The van der Waals surface area contributed by atoms with Crippen molar-refractivity contribution in [1.82, 2.24) is 10.2 Å². The summed E-state index contributed by atoms with van der Waals surface area (Å²) < 4.78 is 5.64. The van der Waals surface area contributed by atoms with Crippen molar-refractivity contribution in [3.8, 4) is 5.75 Å². The first-order valence-corrected chi connectivity index (χ1v) is 11.0. The van der Waals surface area contributed by atoms with E-state index in [1.54, 1.807) is 24.3 Å². The molecule has 30 heavy (non-hydrogen) atoms. The van der Waals surface area contributed by atoms with E-state index in [1.807, 2.05) is 29.2 Å². The van der Waals surface area contributed by atoms with Crippen LogP contribution in [0.3, 0.4) is 0 Å². The molecule has 1 unspecified atom stereocenters. The lowest BCUT2D eigenvalue weighted by molar-refractivity contribution is -0.133. The molecular formula is C24H29ClN2O3. The largest absolute Gasteiger partial charge is 0.494 e. The molecule has 1 atom stereocenters. The number of nitrogens with zero attached hydrogens (tertiary/aromatic N) is 1. The molecule has 1 aliphatic rings. The molecule has 0 aliphatic carbocycles. The molecule has 2 aromatic carbocycles. The maximum Gasteiger partial charge on any atom is 0.251 e. The van der Waals surface area contributed by atoms with Crippen molar-refractivity contribution in [2.75, 3.05) is 13.2 Å². The predicted octanol–water partition coefficient (Wildman–Crippen LogP) is 4.83. The van der Waals surface area contributed by atoms with Gasteiger partial charge < -0.3 is 15.0 Å². The number of carbonyl (C=O) groups excluding carboxylic acids is 2. The van der Waals surface area contributed by atoms with Crippen LogP contribution in [-0.4, -0.2) is 35.9 Å². The Kier molecular flexibility index (Phi) is 8.14. The van der Waals surface area contributed by atoms with Crippen molar-refractivity contribution < 1.29 is 14.3 Å². The average molecular weight is 429 g/mol. The Balaban J connectivity index is 1.60. The molecule has 1 saturated heterocycles. The Morgan fingerprint density at radius 1 is 1.13 bits per heavy atom. The third-order valence-electron chi connectivity index (χ3n) is 5.26. The normalized spacial score (nSPS) is 16.8. The van der Waals surface area contributed by atoms with Gasteiger partial charge in [-0.3, -0.25) is 9.59 Å². The third kappa shape index (κ3) is 6.23. The summed E-state index contributed by atoms with van der Waals surface area (Å²) >= 11 is 5.95. The first kappa shape index (κ1) is 22.2. The van der Waals surface area contributed by atoms with Gasteiger partial charge in [-0.15, -0.1) is 0 Å². The number of likely N-dealkylation sites (tertiary alicyclic amines) is 1. The summed E-state index contributed by atoms with van der Waals surface area (Å²) in [5.41, 5.74) is 1.55. The summed E-state index contributed by atoms with van der Waals surface area (Å²) in [6.07, 6.45) is 4.55. The molecule has 5 nitrogen and oxygen atoms in total. The van der Waals surface area contributed by atoms with Gasteiger partial charge in [-0.25, -0.2) is 0 Å². The summed E-state index contributed by atoms with van der Waals surface area (Å²) in [7, 11) is 0. The zero-order valence-electron chi connectivity index (χ0n) is 17.4. The lowest BCUT2D eigenvalue weighted by Gasteiger charge is -2.25. The van der Waals surface area contributed by atoms with Crippen LogP contribution in [-0.2, 0) is 11.3 Å². The number of hydrogen-bond acceptors (Lipinski definition) is 3. The first-order chi connectivity index (χ1) is 14.6. The van der Waals surface area contributed by atoms with Gasteiger partial charge in [-0.1, -0.05) is 37.1 Å². The van der Waals surface area contributed by atoms with Gasteiger partial charge in [0.2, 0.25) is 5.91 Å². The van der Waals surface area contributed by atoms with Crippen molar-refractivity contribution >= 4 is 23.4 Å². The standard InChI is InChI=1S/C24H29ClN2O3/c1-2-3-16-30-21-13-9-19(10-14-21)23(28)26-22-6-4-5-15-27(24(22)29)17-18-7-11-20(25)12-8-18/h7-14,22H,2-6,15-17H2,1H3,(H,26,28). The van der Waals surface area contributed by atoms with Crippen molar-refractivity contribution in [2.45, 2.75) is 51.6 Å². The minimum atomic E-state index is -0.507. The molecule has 1 fully saturated rings. The smallest absolute Gasteiger partial charge is 0.251 e. The monoisotopic (exact) mass is 428 g/mol. The first-order valence-electron chi connectivity index (χ1n) is 10.6. The van der Waals surface area contributed by atoms with Gasteiger partial charge in [0.25, 0.3) is 5.91 Å². The Morgan fingerprint density at radius 2 is 1.87 bits per heavy atom. The Labute approximate surface area is 183 Å². The van der Waals surface area contributed by atoms with Crippen LogP contribution in [0.25, 0.3) is 0 Å². The molecule has 0 saturated carbocycles. The van der Waals surface area contributed by atoms with Crippen LogP contribution in [0.15, 0.2) is 48.5 Å². The van der Waals surface area contributed by atoms with Crippen LogP contribution in [0, 0.1) is 0 Å². The Morgan fingerprint density at radius 3 is 2.57 bits per heavy atom. The fourth-order valence-electron chi connectivity index (χ4n) is 3.48. The molecule has 0 radical (unpaired) electrons. The summed E-state index contributed by atoms with van der Waals surface area (Å²) in [4.78, 5) is 27.6. The fourth-order valence-corrected chi connectivity index (χ4v) is 3.61. The van der Waals surface area contributed by atoms with Crippen LogP contribution in [0.2, 0.25) is 5.02 Å². The van der Waals surface area contributed by atoms with E-state index < -0.39 is 6.04 Å². The number of hydrogen-bond donors (Lipinski definition) is 1. The van der Waals surface area contributed by atoms with Crippen LogP contribution in [0.4, 0.5) is 0 Å². The van der Waals surface area contributed by atoms with E-state index in [9.17, 15) is 9.59 Å². The number of nitrogens with one attached hydrogen (secondary N) is 1. The zero-order valence-corrected chi connectivity index (χ0v) is 18.2. The molecule has 1 aliphatic heterocycles. The van der Waals surface area contributed by atoms with E-state index in [0.29, 0.717) is 36.7 Å². The van der Waals surface area contributed by atoms with Crippen molar-refractivity contribution in [3.63, 3.8) is 0 Å². The maximum absolute atomic E-state index is 13.0. The summed E-state index contributed by atoms with van der Waals surface area (Å²) in [6, 6.07) is 14.1. The fraction of sp³-hybridized carbons (Fsp3) is 0.417. The number of ether oxygens (including phenoxy) is 1. The minimum absolute atomic E-state index is 0.0321. The summed E-state index contributed by atoms with van der Waals surface area (Å²) in [5, 5.41) is 3.60. The molecular weight excluding hydrogens is 400 g/mol. The molecule has 2 aromatic rings. The average Bonchev–Trinajstić information content (AvgIpc) is 2.92. The maximum atomic E-state index is 13.0. The van der Waals surface area contributed by atoms with Gasteiger partial charge in [0.1, 0.15) is 11.8 Å². The van der Waals surface area contributed by atoms with E-state index in [4.69, 9.17) is 16.3 Å². The molecule has 160 valence electrons. The van der Waals surface area contributed by atoms with Crippen LogP contribution >= 0.6 is 11.6 Å². The molecule has 1 N–H and O–H groups in total. The van der Waals surface area contributed by atoms with E-state index in [2.05, 4.69) is 12.2 Å². The van der Waals surface area contributed by atoms with Gasteiger partial charge in [0.15, 0.2) is 0 Å². The highest BCUT2D eigenvalue weighted by Gasteiger charge is 2.28. The van der Waals surface area contributed by atoms with Gasteiger partial charge in [-0.2, -0.15) is 0 Å². The molecule has 3 rings (SSSR count). The lowest BCUT2D eigenvalue weighted by atomic mass is 10.1. The Bertz CT molecular complexity index is 837. The SMILES string of the molecule is CCCCOc1ccc(C(=O)NC2CCCCN(Cc3ccc(Cl)cc3)C2=O)cc1. The highest BCUT2D eigenvalue weighted by molar-refractivity contribution is 6.30. The number of carbonyl (C=O) groups is 2. The van der Waals surface area contributed by atoms with Crippen molar-refractivity contribution in [2.24, 2.45) is 0 Å². The van der Waals surface area contributed by atoms with Gasteiger partial charge in [-0.05, 0) is 67.6 Å². The molecule has 1 heterocycles. The molecule has 0 spiro atoms. The summed E-state index contributed by atoms with van der Waals surface area (Å²) in [6.45, 7) is 3.99.